The maximum absolute atomic E-state index is 12.0. The van der Waals surface area contributed by atoms with Crippen LogP contribution >= 0.6 is 0 Å². The number of furan rings is 1. The van der Waals surface area contributed by atoms with E-state index < -0.39 is 0 Å². The van der Waals surface area contributed by atoms with Gasteiger partial charge in [0.2, 0.25) is 0 Å². The molecule has 0 aliphatic carbocycles. The van der Waals surface area contributed by atoms with E-state index in [4.69, 9.17) is 18.6 Å². The number of methoxy groups -OCH3 is 2. The van der Waals surface area contributed by atoms with E-state index in [2.05, 4.69) is 12.7 Å². The van der Waals surface area contributed by atoms with Crippen LogP contribution in [0, 0.1) is 0 Å². The van der Waals surface area contributed by atoms with Crippen LogP contribution < -0.4 is 14.2 Å². The Bertz CT molecular complexity index is 1220. The third-order valence-electron chi connectivity index (χ3n) is 5.77. The lowest BCUT2D eigenvalue weighted by atomic mass is 9.88. The molecule has 32 heavy (non-hydrogen) atoms. The van der Waals surface area contributed by atoms with Crippen molar-refractivity contribution >= 4 is 22.3 Å². The zero-order valence-electron chi connectivity index (χ0n) is 18.8. The summed E-state index contributed by atoms with van der Waals surface area (Å²) in [6.45, 7) is 9.36. The molecule has 166 valence electrons. The van der Waals surface area contributed by atoms with Crippen LogP contribution in [0.1, 0.15) is 48.4 Å². The third kappa shape index (κ3) is 3.62. The average Bonchev–Trinajstić information content (AvgIpc) is 3.32. The number of rotatable bonds is 6. The lowest BCUT2D eigenvalue weighted by molar-refractivity contribution is 0.101. The fourth-order valence-electron chi connectivity index (χ4n) is 4.10. The van der Waals surface area contributed by atoms with Gasteiger partial charge in [-0.3, -0.25) is 4.79 Å². The first-order valence-corrected chi connectivity index (χ1v) is 10.3. The third-order valence-corrected chi connectivity index (χ3v) is 5.77. The molecule has 4 rings (SSSR count). The first-order valence-electron chi connectivity index (χ1n) is 10.3. The number of allylic oxidation sites excluding steroid dienone is 1. The highest BCUT2D eigenvalue weighted by atomic mass is 16.5. The Morgan fingerprint density at radius 2 is 1.75 bits per heavy atom. The first-order chi connectivity index (χ1) is 15.2. The molecule has 6 heteroatoms. The van der Waals surface area contributed by atoms with Crippen molar-refractivity contribution in [3.8, 4) is 23.0 Å². The van der Waals surface area contributed by atoms with E-state index in [1.807, 2.05) is 26.0 Å². The van der Waals surface area contributed by atoms with Crippen molar-refractivity contribution in [2.24, 2.45) is 0 Å². The van der Waals surface area contributed by atoms with E-state index in [0.717, 1.165) is 22.1 Å². The Hall–Kier alpha value is -3.67. The van der Waals surface area contributed by atoms with Crippen LogP contribution in [0.3, 0.4) is 0 Å². The van der Waals surface area contributed by atoms with E-state index in [-0.39, 0.29) is 29.1 Å². The molecule has 1 aliphatic rings. The quantitative estimate of drug-likeness (QED) is 0.385. The van der Waals surface area contributed by atoms with Crippen LogP contribution in [0.5, 0.6) is 23.0 Å². The molecule has 1 N–H and O–H groups in total. The monoisotopic (exact) mass is 434 g/mol. The van der Waals surface area contributed by atoms with Gasteiger partial charge in [0.25, 0.3) is 0 Å². The van der Waals surface area contributed by atoms with E-state index in [1.165, 1.54) is 13.0 Å². The standard InChI is InChI=1S/C26H26O6/c1-13(2)26-19(18-10-17(15(4)27)20(28)11-23(18)32-26)7-14(3)21-8-16-9-24(29-5)25(30-6)12-22(16)31-21/h7-12,19,26,28H,1H2,2-6H3/t19-,26-/m0/s1. The van der Waals surface area contributed by atoms with Crippen molar-refractivity contribution in [3.63, 3.8) is 0 Å². The zero-order chi connectivity index (χ0) is 23.2. The number of fused-ring (bicyclic) bond motifs is 2. The number of hydrogen-bond donors (Lipinski definition) is 1. The van der Waals surface area contributed by atoms with Crippen molar-refractivity contribution in [3.05, 3.63) is 65.4 Å². The van der Waals surface area contributed by atoms with Crippen molar-refractivity contribution in [1.82, 2.24) is 0 Å². The summed E-state index contributed by atoms with van der Waals surface area (Å²) < 4.78 is 22.9. The number of ether oxygens (including phenoxy) is 3. The minimum atomic E-state index is -0.314. The van der Waals surface area contributed by atoms with Gasteiger partial charge in [-0.15, -0.1) is 0 Å². The Morgan fingerprint density at radius 3 is 2.38 bits per heavy atom. The topological polar surface area (TPSA) is 78.1 Å². The number of hydrogen-bond acceptors (Lipinski definition) is 6. The molecule has 1 aliphatic heterocycles. The maximum atomic E-state index is 12.0. The molecule has 0 radical (unpaired) electrons. The van der Waals surface area contributed by atoms with Gasteiger partial charge in [-0.05, 0) is 50.1 Å². The molecule has 2 heterocycles. The lowest BCUT2D eigenvalue weighted by Gasteiger charge is -2.17. The second-order valence-electron chi connectivity index (χ2n) is 8.08. The minimum Gasteiger partial charge on any atom is -0.507 e. The summed E-state index contributed by atoms with van der Waals surface area (Å²) in [7, 11) is 3.18. The second-order valence-corrected chi connectivity index (χ2v) is 8.08. The largest absolute Gasteiger partial charge is 0.507 e. The number of benzene rings is 2. The highest BCUT2D eigenvalue weighted by Crippen LogP contribution is 2.45. The smallest absolute Gasteiger partial charge is 0.164 e. The highest BCUT2D eigenvalue weighted by Gasteiger charge is 2.35. The van der Waals surface area contributed by atoms with E-state index >= 15 is 0 Å². The molecule has 0 bridgehead atoms. The zero-order valence-corrected chi connectivity index (χ0v) is 18.8. The van der Waals surface area contributed by atoms with Crippen LogP contribution in [-0.2, 0) is 0 Å². The predicted molar refractivity (Wildman–Crippen MR) is 123 cm³/mol. The Kier molecular flexibility index (Phi) is 5.46. The normalized spacial score (nSPS) is 17.7. The van der Waals surface area contributed by atoms with Crippen molar-refractivity contribution in [2.45, 2.75) is 32.8 Å². The molecular formula is C26H26O6. The number of carbonyl (C=O) groups excluding carboxylic acids is 1. The van der Waals surface area contributed by atoms with Crippen LogP contribution in [-0.4, -0.2) is 31.2 Å². The Balaban J connectivity index is 1.79. The number of ketones is 1. The van der Waals surface area contributed by atoms with Crippen molar-refractivity contribution < 1.29 is 28.5 Å². The minimum absolute atomic E-state index is 0.0850. The Morgan fingerprint density at radius 1 is 1.06 bits per heavy atom. The molecule has 0 saturated carbocycles. The predicted octanol–water partition coefficient (Wildman–Crippen LogP) is 5.88. The average molecular weight is 434 g/mol. The number of Topliss-reactive ketones (excluding diaryl/α,β-unsaturated/α-hetero) is 1. The lowest BCUT2D eigenvalue weighted by Crippen LogP contribution is -2.18. The van der Waals surface area contributed by atoms with Gasteiger partial charge in [0.1, 0.15) is 28.9 Å². The molecule has 0 unspecified atom stereocenters. The van der Waals surface area contributed by atoms with Crippen LogP contribution in [0.2, 0.25) is 0 Å². The van der Waals surface area contributed by atoms with Crippen LogP contribution in [0.4, 0.5) is 0 Å². The van der Waals surface area contributed by atoms with E-state index in [0.29, 0.717) is 28.6 Å². The molecule has 6 nitrogen and oxygen atoms in total. The van der Waals surface area contributed by atoms with Crippen molar-refractivity contribution in [1.29, 1.82) is 0 Å². The second kappa shape index (κ2) is 8.11. The number of carbonyl (C=O) groups is 1. The number of phenols is 1. The van der Waals surface area contributed by atoms with Crippen LogP contribution in [0.15, 0.2) is 53.0 Å². The molecule has 0 saturated heterocycles. The number of phenolic OH excluding ortho intramolecular Hbond substituents is 1. The van der Waals surface area contributed by atoms with Gasteiger partial charge in [-0.25, -0.2) is 0 Å². The van der Waals surface area contributed by atoms with Gasteiger partial charge < -0.3 is 23.7 Å². The maximum Gasteiger partial charge on any atom is 0.164 e. The van der Waals surface area contributed by atoms with Gasteiger partial charge in [-0.1, -0.05) is 12.7 Å². The summed E-state index contributed by atoms with van der Waals surface area (Å²) in [6, 6.07) is 8.84. The SMILES string of the molecule is C=C(C)[C@@H]1Oc2cc(O)c(C(C)=O)cc2[C@@H]1C=C(C)c1cc2cc(OC)c(OC)cc2o1. The fourth-order valence-corrected chi connectivity index (χ4v) is 4.10. The molecule has 0 fully saturated rings. The van der Waals surface area contributed by atoms with Gasteiger partial charge >= 0.3 is 0 Å². The van der Waals surface area contributed by atoms with Gasteiger partial charge in [0.15, 0.2) is 17.3 Å². The summed E-state index contributed by atoms with van der Waals surface area (Å²) >= 11 is 0. The van der Waals surface area contributed by atoms with E-state index in [9.17, 15) is 9.90 Å². The summed E-state index contributed by atoms with van der Waals surface area (Å²) in [6.07, 6.45) is 1.74. The van der Waals surface area contributed by atoms with Gasteiger partial charge in [0, 0.05) is 29.0 Å². The van der Waals surface area contributed by atoms with Crippen LogP contribution in [0.25, 0.3) is 16.5 Å². The highest BCUT2D eigenvalue weighted by molar-refractivity contribution is 5.97. The molecule has 3 aromatic rings. The molecule has 0 spiro atoms. The number of aromatic hydroxyl groups is 1. The van der Waals surface area contributed by atoms with Gasteiger partial charge in [-0.2, -0.15) is 0 Å². The molecular weight excluding hydrogens is 408 g/mol. The summed E-state index contributed by atoms with van der Waals surface area (Å²) in [4.78, 5) is 12.0. The summed E-state index contributed by atoms with van der Waals surface area (Å²) in [5.74, 6) is 2.01. The summed E-state index contributed by atoms with van der Waals surface area (Å²) in [5.41, 5.74) is 3.55. The first kappa shape index (κ1) is 21.6. The molecule has 2 aromatic carbocycles. The molecule has 1 aromatic heterocycles. The van der Waals surface area contributed by atoms with Crippen molar-refractivity contribution in [2.75, 3.05) is 14.2 Å². The molecule has 2 atom stereocenters. The fraction of sp³-hybridized carbons (Fsp3) is 0.269. The van der Waals surface area contributed by atoms with E-state index in [1.54, 1.807) is 26.4 Å². The Labute approximate surface area is 186 Å². The molecule has 0 amide bonds. The van der Waals surface area contributed by atoms with Gasteiger partial charge in [0.05, 0.1) is 19.8 Å². The summed E-state index contributed by atoms with van der Waals surface area (Å²) in [5, 5.41) is 11.1.